The summed E-state index contributed by atoms with van der Waals surface area (Å²) in [5, 5.41) is 3.66. The second kappa shape index (κ2) is 6.37. The van der Waals surface area contributed by atoms with Crippen molar-refractivity contribution >= 4 is 22.7 Å². The Hall–Kier alpha value is -2.10. The van der Waals surface area contributed by atoms with Gasteiger partial charge in [-0.3, -0.25) is 4.79 Å². The lowest BCUT2D eigenvalue weighted by Gasteiger charge is -2.03. The van der Waals surface area contributed by atoms with E-state index in [0.717, 1.165) is 17.4 Å². The minimum atomic E-state index is -0.152. The van der Waals surface area contributed by atoms with E-state index in [2.05, 4.69) is 12.2 Å². The maximum atomic E-state index is 12.1. The van der Waals surface area contributed by atoms with E-state index in [-0.39, 0.29) is 11.7 Å². The number of fused-ring (bicyclic) bond motifs is 1. The van der Waals surface area contributed by atoms with E-state index in [1.165, 1.54) is 11.8 Å². The van der Waals surface area contributed by atoms with Crippen LogP contribution in [0.5, 0.6) is 0 Å². The molecule has 0 radical (unpaired) electrons. The van der Waals surface area contributed by atoms with Gasteiger partial charge in [0.15, 0.2) is 0 Å². The number of furan rings is 1. The molecule has 0 aliphatic carbocycles. The van der Waals surface area contributed by atoms with E-state index >= 15 is 0 Å². The Bertz CT molecular complexity index is 628. The number of rotatable bonds is 6. The third kappa shape index (κ3) is 3.26. The zero-order valence-electron chi connectivity index (χ0n) is 11.9. The Balaban J connectivity index is 2.07. The first-order valence-electron chi connectivity index (χ1n) is 6.89. The van der Waals surface area contributed by atoms with Crippen molar-refractivity contribution in [2.75, 3.05) is 6.54 Å². The minimum Gasteiger partial charge on any atom is -0.463 e. The average Bonchev–Trinajstić information content (AvgIpc) is 2.86. The fraction of sp³-hybridized carbons (Fsp3) is 0.375. The highest BCUT2D eigenvalue weighted by Gasteiger charge is 2.13. The van der Waals surface area contributed by atoms with Crippen molar-refractivity contribution in [1.29, 1.82) is 0 Å². The van der Waals surface area contributed by atoms with Crippen LogP contribution in [0.3, 0.4) is 0 Å². The van der Waals surface area contributed by atoms with Crippen LogP contribution in [-0.4, -0.2) is 18.2 Å². The molecule has 4 nitrogen and oxygen atoms in total. The largest absolute Gasteiger partial charge is 0.463 e. The van der Waals surface area contributed by atoms with Crippen LogP contribution in [0, 0.1) is 0 Å². The third-order valence-electron chi connectivity index (χ3n) is 3.28. The van der Waals surface area contributed by atoms with Crippen molar-refractivity contribution < 1.29 is 14.0 Å². The van der Waals surface area contributed by atoms with Crippen molar-refractivity contribution in [3.63, 3.8) is 0 Å². The molecule has 1 aromatic carbocycles. The summed E-state index contributed by atoms with van der Waals surface area (Å²) < 4.78 is 5.40. The van der Waals surface area contributed by atoms with Gasteiger partial charge in [-0.1, -0.05) is 13.0 Å². The van der Waals surface area contributed by atoms with Crippen LogP contribution >= 0.6 is 0 Å². The highest BCUT2D eigenvalue weighted by atomic mass is 16.3. The minimum absolute atomic E-state index is 0.139. The van der Waals surface area contributed by atoms with Gasteiger partial charge in [-0.05, 0) is 37.5 Å². The molecule has 1 N–H and O–H groups in total. The van der Waals surface area contributed by atoms with E-state index in [1.54, 1.807) is 6.92 Å². The highest BCUT2D eigenvalue weighted by Crippen LogP contribution is 2.22. The fourth-order valence-corrected chi connectivity index (χ4v) is 2.11. The summed E-state index contributed by atoms with van der Waals surface area (Å²) in [6.07, 6.45) is 3.56. The number of nitrogens with one attached hydrogen (secondary N) is 1. The number of hydrogen-bond donors (Lipinski definition) is 1. The van der Waals surface area contributed by atoms with Crippen LogP contribution in [0.25, 0.3) is 11.0 Å². The SMILES string of the molecule is CCc1ccc2occ(C(=O)NCCCC(C)=O)c2c1. The second-order valence-electron chi connectivity index (χ2n) is 4.89. The normalized spacial score (nSPS) is 10.7. The van der Waals surface area contributed by atoms with Crippen LogP contribution in [-0.2, 0) is 11.2 Å². The molecule has 106 valence electrons. The van der Waals surface area contributed by atoms with Gasteiger partial charge in [0.2, 0.25) is 0 Å². The van der Waals surface area contributed by atoms with Crippen LogP contribution < -0.4 is 5.32 Å². The number of Topliss-reactive ketones (excluding diaryl/α,β-unsaturated/α-hetero) is 1. The number of hydrogen-bond acceptors (Lipinski definition) is 3. The summed E-state index contributed by atoms with van der Waals surface area (Å²) in [5.41, 5.74) is 2.44. The molecule has 0 atom stereocenters. The number of benzene rings is 1. The predicted molar refractivity (Wildman–Crippen MR) is 77.8 cm³/mol. The van der Waals surface area contributed by atoms with Crippen molar-refractivity contribution in [2.24, 2.45) is 0 Å². The van der Waals surface area contributed by atoms with Crippen molar-refractivity contribution in [1.82, 2.24) is 5.32 Å². The monoisotopic (exact) mass is 273 g/mol. The lowest BCUT2D eigenvalue weighted by molar-refractivity contribution is -0.117. The predicted octanol–water partition coefficient (Wildman–Crippen LogP) is 3.09. The van der Waals surface area contributed by atoms with Crippen molar-refractivity contribution in [3.05, 3.63) is 35.6 Å². The van der Waals surface area contributed by atoms with Gasteiger partial charge in [-0.25, -0.2) is 0 Å². The summed E-state index contributed by atoms with van der Waals surface area (Å²) in [6, 6.07) is 5.88. The lowest BCUT2D eigenvalue weighted by atomic mass is 10.1. The quantitative estimate of drug-likeness (QED) is 0.823. The molecule has 0 unspecified atom stereocenters. The van der Waals surface area contributed by atoms with Gasteiger partial charge in [0.25, 0.3) is 5.91 Å². The zero-order chi connectivity index (χ0) is 14.5. The summed E-state index contributed by atoms with van der Waals surface area (Å²) in [6.45, 7) is 4.12. The molecule has 4 heteroatoms. The maximum Gasteiger partial charge on any atom is 0.255 e. The number of carbonyl (C=O) groups is 2. The first-order chi connectivity index (χ1) is 9.61. The molecule has 0 spiro atoms. The van der Waals surface area contributed by atoms with E-state index in [4.69, 9.17) is 4.42 Å². The molecule has 1 amide bonds. The van der Waals surface area contributed by atoms with Crippen LogP contribution in [0.4, 0.5) is 0 Å². The topological polar surface area (TPSA) is 59.3 Å². The van der Waals surface area contributed by atoms with Gasteiger partial charge in [0, 0.05) is 18.4 Å². The molecule has 0 aliphatic rings. The molecule has 0 aliphatic heterocycles. The van der Waals surface area contributed by atoms with E-state index < -0.39 is 0 Å². The fourth-order valence-electron chi connectivity index (χ4n) is 2.11. The number of amides is 1. The van der Waals surface area contributed by atoms with Gasteiger partial charge < -0.3 is 14.5 Å². The summed E-state index contributed by atoms with van der Waals surface area (Å²) in [4.78, 5) is 22.9. The Morgan fingerprint density at radius 1 is 1.30 bits per heavy atom. The Kier molecular flexibility index (Phi) is 4.56. The molecular formula is C16H19NO3. The first-order valence-corrected chi connectivity index (χ1v) is 6.89. The van der Waals surface area contributed by atoms with Crippen molar-refractivity contribution in [2.45, 2.75) is 33.1 Å². The van der Waals surface area contributed by atoms with Crippen LogP contribution in [0.1, 0.15) is 42.6 Å². The van der Waals surface area contributed by atoms with Gasteiger partial charge in [-0.15, -0.1) is 0 Å². The summed E-state index contributed by atoms with van der Waals surface area (Å²) in [5.74, 6) is -0.0128. The lowest BCUT2D eigenvalue weighted by Crippen LogP contribution is -2.24. The standard InChI is InChI=1S/C16H19NO3/c1-3-12-6-7-15-13(9-12)14(10-20-15)16(19)17-8-4-5-11(2)18/h6-7,9-10H,3-5,8H2,1-2H3,(H,17,19). The molecule has 0 saturated heterocycles. The molecule has 0 fully saturated rings. The van der Waals surface area contributed by atoms with Gasteiger partial charge in [0.1, 0.15) is 17.6 Å². The van der Waals surface area contributed by atoms with E-state index in [9.17, 15) is 9.59 Å². The number of carbonyl (C=O) groups excluding carboxylic acids is 2. The smallest absolute Gasteiger partial charge is 0.255 e. The highest BCUT2D eigenvalue weighted by molar-refractivity contribution is 6.06. The third-order valence-corrected chi connectivity index (χ3v) is 3.28. The molecule has 1 heterocycles. The zero-order valence-corrected chi connectivity index (χ0v) is 11.9. The molecule has 0 bridgehead atoms. The van der Waals surface area contributed by atoms with Crippen LogP contribution in [0.2, 0.25) is 0 Å². The molecule has 1 aromatic heterocycles. The van der Waals surface area contributed by atoms with Gasteiger partial charge in [0.05, 0.1) is 5.56 Å². The van der Waals surface area contributed by atoms with Gasteiger partial charge in [-0.2, -0.15) is 0 Å². The summed E-state index contributed by atoms with van der Waals surface area (Å²) in [7, 11) is 0. The Morgan fingerprint density at radius 2 is 2.10 bits per heavy atom. The molecule has 0 saturated carbocycles. The maximum absolute atomic E-state index is 12.1. The van der Waals surface area contributed by atoms with Gasteiger partial charge >= 0.3 is 0 Å². The molecule has 2 rings (SSSR count). The van der Waals surface area contributed by atoms with Crippen molar-refractivity contribution in [3.8, 4) is 0 Å². The molecular weight excluding hydrogens is 254 g/mol. The van der Waals surface area contributed by atoms with E-state index in [0.29, 0.717) is 24.9 Å². The number of aryl methyl sites for hydroxylation is 1. The molecule has 20 heavy (non-hydrogen) atoms. The summed E-state index contributed by atoms with van der Waals surface area (Å²) >= 11 is 0. The Labute approximate surface area is 118 Å². The first kappa shape index (κ1) is 14.3. The second-order valence-corrected chi connectivity index (χ2v) is 4.89. The van der Waals surface area contributed by atoms with Crippen LogP contribution in [0.15, 0.2) is 28.9 Å². The Morgan fingerprint density at radius 3 is 2.80 bits per heavy atom. The molecule has 2 aromatic rings. The number of ketones is 1. The average molecular weight is 273 g/mol. The van der Waals surface area contributed by atoms with E-state index in [1.807, 2.05) is 18.2 Å².